The molecule has 0 bridgehead atoms. The van der Waals surface area contributed by atoms with Gasteiger partial charge in [-0.1, -0.05) is 108 Å². The van der Waals surface area contributed by atoms with Crippen LogP contribution in [-0.2, 0) is 10.8 Å². The number of alkyl halides is 1. The zero-order valence-electron chi connectivity index (χ0n) is 26.1. The summed E-state index contributed by atoms with van der Waals surface area (Å²) >= 11 is 7.56. The van der Waals surface area contributed by atoms with Crippen molar-refractivity contribution in [1.29, 1.82) is 0 Å². The number of halogens is 1. The quantitative estimate of drug-likeness (QED) is 0.220. The third kappa shape index (κ3) is 4.75. The molecule has 2 fully saturated rings. The molecule has 1 saturated heterocycles. The number of benzene rings is 2. The SMILES string of the molecule is CCCCc1cc2c(c(=O)o1)C(O)[C@]1(Cl)CCCC[C@@]13CC[C@H](CO[Si](c1ccccc1)(c1ccccc1)C(C)(C)C)N23. The van der Waals surface area contributed by atoms with Gasteiger partial charge in [-0.15, -0.1) is 11.6 Å². The van der Waals surface area contributed by atoms with Crippen LogP contribution in [-0.4, -0.2) is 36.5 Å². The van der Waals surface area contributed by atoms with Gasteiger partial charge in [-0.3, -0.25) is 0 Å². The molecule has 3 aromatic rings. The molecule has 2 aliphatic heterocycles. The van der Waals surface area contributed by atoms with E-state index in [4.69, 9.17) is 20.4 Å². The van der Waals surface area contributed by atoms with Crippen molar-refractivity contribution in [2.45, 2.75) is 113 Å². The predicted octanol–water partition coefficient (Wildman–Crippen LogP) is 6.87. The number of rotatable bonds is 8. The van der Waals surface area contributed by atoms with Crippen molar-refractivity contribution >= 4 is 36.0 Å². The largest absolute Gasteiger partial charge is 0.428 e. The first-order valence-electron chi connectivity index (χ1n) is 16.2. The molecule has 2 aromatic carbocycles. The Morgan fingerprint density at radius 1 is 1.02 bits per heavy atom. The normalized spacial score (nSPS) is 27.0. The lowest BCUT2D eigenvalue weighted by atomic mass is 9.64. The molecule has 230 valence electrons. The first-order chi connectivity index (χ1) is 20.6. The van der Waals surface area contributed by atoms with E-state index in [1.807, 2.05) is 6.07 Å². The molecule has 7 heteroatoms. The second kappa shape index (κ2) is 11.5. The molecule has 1 unspecified atom stereocenters. The van der Waals surface area contributed by atoms with Crippen LogP contribution in [0.25, 0.3) is 0 Å². The smallest absolute Gasteiger partial charge is 0.343 e. The van der Waals surface area contributed by atoms with Crippen molar-refractivity contribution < 1.29 is 13.9 Å². The van der Waals surface area contributed by atoms with Gasteiger partial charge in [0.05, 0.1) is 34.3 Å². The molecule has 1 saturated carbocycles. The highest BCUT2D eigenvalue weighted by atomic mass is 35.5. The summed E-state index contributed by atoms with van der Waals surface area (Å²) in [5.41, 5.74) is 0.245. The summed E-state index contributed by atoms with van der Waals surface area (Å²) in [6.45, 7) is 9.56. The van der Waals surface area contributed by atoms with Crippen LogP contribution in [0.15, 0.2) is 75.9 Å². The molecule has 5 nitrogen and oxygen atoms in total. The Kier molecular flexibility index (Phi) is 8.21. The maximum absolute atomic E-state index is 13.6. The lowest BCUT2D eigenvalue weighted by Gasteiger charge is -2.59. The number of aryl methyl sites for hydroxylation is 1. The fourth-order valence-electron chi connectivity index (χ4n) is 8.55. The molecule has 3 heterocycles. The maximum Gasteiger partial charge on any atom is 0.343 e. The van der Waals surface area contributed by atoms with E-state index < -0.39 is 30.5 Å². The number of fused-ring (bicyclic) bond motifs is 2. The number of aliphatic hydroxyl groups excluding tert-OH is 1. The summed E-state index contributed by atoms with van der Waals surface area (Å²) in [7, 11) is -2.77. The van der Waals surface area contributed by atoms with Crippen LogP contribution in [0, 0.1) is 0 Å². The van der Waals surface area contributed by atoms with Gasteiger partial charge in [0.1, 0.15) is 11.9 Å². The Hall–Kier alpha value is -2.38. The summed E-state index contributed by atoms with van der Waals surface area (Å²) in [6, 6.07) is 23.5. The van der Waals surface area contributed by atoms with Crippen LogP contribution in [0.5, 0.6) is 0 Å². The van der Waals surface area contributed by atoms with Gasteiger partial charge < -0.3 is 18.8 Å². The molecule has 1 N–H and O–H groups in total. The Bertz CT molecular complexity index is 1450. The topological polar surface area (TPSA) is 62.9 Å². The van der Waals surface area contributed by atoms with Gasteiger partial charge in [0.2, 0.25) is 0 Å². The van der Waals surface area contributed by atoms with E-state index in [-0.39, 0.29) is 11.1 Å². The molecule has 0 amide bonds. The highest BCUT2D eigenvalue weighted by Gasteiger charge is 2.67. The number of nitrogens with zero attached hydrogens (tertiary/aromatic N) is 1. The third-order valence-corrected chi connectivity index (χ3v) is 16.3. The van der Waals surface area contributed by atoms with Crippen molar-refractivity contribution in [3.63, 3.8) is 0 Å². The Morgan fingerprint density at radius 3 is 2.26 bits per heavy atom. The first-order valence-corrected chi connectivity index (χ1v) is 18.5. The fraction of sp³-hybridized carbons (Fsp3) is 0.528. The Labute approximate surface area is 262 Å². The lowest BCUT2D eigenvalue weighted by molar-refractivity contribution is 0.0389. The van der Waals surface area contributed by atoms with Crippen molar-refractivity contribution in [1.82, 2.24) is 0 Å². The minimum Gasteiger partial charge on any atom is -0.428 e. The Balaban J connectivity index is 1.47. The first kappa shape index (κ1) is 30.6. The van der Waals surface area contributed by atoms with Crippen LogP contribution < -0.4 is 20.9 Å². The molecular formula is C36H46ClNO4Si. The van der Waals surface area contributed by atoms with Crippen LogP contribution in [0.2, 0.25) is 5.04 Å². The number of aliphatic hydroxyl groups is 1. The van der Waals surface area contributed by atoms with Crippen LogP contribution >= 0.6 is 11.6 Å². The second-order valence-electron chi connectivity index (χ2n) is 13.9. The fourth-order valence-corrected chi connectivity index (χ4v) is 13.7. The van der Waals surface area contributed by atoms with Crippen molar-refractivity contribution in [2.75, 3.05) is 11.5 Å². The average molecular weight is 620 g/mol. The van der Waals surface area contributed by atoms with Crippen LogP contribution in [0.1, 0.15) is 96.5 Å². The van der Waals surface area contributed by atoms with E-state index >= 15 is 0 Å². The third-order valence-electron chi connectivity index (χ3n) is 10.5. The Morgan fingerprint density at radius 2 is 1.65 bits per heavy atom. The molecule has 4 atom stereocenters. The van der Waals surface area contributed by atoms with Crippen molar-refractivity contribution in [3.8, 4) is 0 Å². The van der Waals surface area contributed by atoms with Crippen LogP contribution in [0.3, 0.4) is 0 Å². The summed E-state index contributed by atoms with van der Waals surface area (Å²) < 4.78 is 13.3. The summed E-state index contributed by atoms with van der Waals surface area (Å²) in [6.07, 6.45) is 6.91. The van der Waals surface area contributed by atoms with E-state index in [1.165, 1.54) is 10.4 Å². The lowest BCUT2D eigenvalue weighted by Crippen LogP contribution is -2.69. The summed E-state index contributed by atoms with van der Waals surface area (Å²) in [5, 5.41) is 14.2. The van der Waals surface area contributed by atoms with Crippen LogP contribution in [0.4, 0.5) is 5.69 Å². The number of anilines is 1. The number of unbranched alkanes of at least 4 members (excludes halogenated alkanes) is 1. The van der Waals surface area contributed by atoms with Gasteiger partial charge >= 0.3 is 5.63 Å². The number of hydrogen-bond donors (Lipinski definition) is 1. The molecular weight excluding hydrogens is 574 g/mol. The minimum absolute atomic E-state index is 0.0185. The van der Waals surface area contributed by atoms with Gasteiger partial charge in [0.25, 0.3) is 8.32 Å². The molecule has 1 spiro atoms. The molecule has 6 rings (SSSR count). The van der Waals surface area contributed by atoms with Gasteiger partial charge in [-0.05, 0) is 47.5 Å². The maximum atomic E-state index is 13.6. The van der Waals surface area contributed by atoms with E-state index in [9.17, 15) is 9.90 Å². The van der Waals surface area contributed by atoms with E-state index in [1.54, 1.807) is 0 Å². The van der Waals surface area contributed by atoms with Crippen molar-refractivity contribution in [3.05, 3.63) is 88.5 Å². The predicted molar refractivity (Wildman–Crippen MR) is 177 cm³/mol. The molecule has 43 heavy (non-hydrogen) atoms. The van der Waals surface area contributed by atoms with Crippen molar-refractivity contribution in [2.24, 2.45) is 0 Å². The number of hydrogen-bond acceptors (Lipinski definition) is 5. The molecule has 1 aromatic heterocycles. The second-order valence-corrected chi connectivity index (χ2v) is 18.9. The average Bonchev–Trinajstić information content (AvgIpc) is 3.37. The highest BCUT2D eigenvalue weighted by molar-refractivity contribution is 6.99. The van der Waals surface area contributed by atoms with E-state index in [0.29, 0.717) is 30.8 Å². The zero-order chi connectivity index (χ0) is 30.5. The minimum atomic E-state index is -2.77. The molecule has 0 radical (unpaired) electrons. The van der Waals surface area contributed by atoms with Gasteiger partial charge in [-0.25, -0.2) is 4.79 Å². The molecule has 3 aliphatic rings. The van der Waals surface area contributed by atoms with E-state index in [2.05, 4.69) is 93.3 Å². The van der Waals surface area contributed by atoms with Gasteiger partial charge in [0.15, 0.2) is 0 Å². The summed E-state index contributed by atoms with van der Waals surface area (Å²) in [5.74, 6) is 0.685. The molecule has 1 aliphatic carbocycles. The van der Waals surface area contributed by atoms with E-state index in [0.717, 1.165) is 50.6 Å². The monoisotopic (exact) mass is 619 g/mol. The van der Waals surface area contributed by atoms with Gasteiger partial charge in [0, 0.05) is 12.5 Å². The summed E-state index contributed by atoms with van der Waals surface area (Å²) in [4.78, 5) is 15.0. The standard InChI is InChI=1S/C36H46ClNO4Si/c1-5-6-15-27-24-30-31(33(40)42-27)32(39)36(37)22-14-13-21-35(36)23-20-26(38(30)35)25-41-43(34(2,3)4,28-16-9-7-10-17-28)29-18-11-8-12-19-29/h7-12,16-19,24,26,32,39H,5-6,13-15,20-23,25H2,1-4H3/t26-,32?,35-,36-/m1/s1. The zero-order valence-corrected chi connectivity index (χ0v) is 27.8. The van der Waals surface area contributed by atoms with Gasteiger partial charge in [-0.2, -0.15) is 0 Å². The highest BCUT2D eigenvalue weighted by Crippen LogP contribution is 2.62.